The molecule has 0 radical (unpaired) electrons. The summed E-state index contributed by atoms with van der Waals surface area (Å²) in [7, 11) is -0.924. The third-order valence-corrected chi connectivity index (χ3v) is 6.12. The van der Waals surface area contributed by atoms with E-state index < -0.39 is 9.84 Å². The molecular formula is C13H25NO3S. The molecule has 0 spiro atoms. The van der Waals surface area contributed by atoms with E-state index in [-0.39, 0.29) is 11.4 Å². The molecule has 1 aliphatic carbocycles. The number of likely N-dealkylation sites (N-methyl/N-ethyl adjacent to an activating group) is 1. The van der Waals surface area contributed by atoms with Crippen molar-refractivity contribution in [3.05, 3.63) is 0 Å². The molecule has 0 amide bonds. The minimum absolute atomic E-state index is 0.145. The fourth-order valence-corrected chi connectivity index (χ4v) is 4.70. The van der Waals surface area contributed by atoms with Gasteiger partial charge in [0.05, 0.1) is 11.4 Å². The Balaban J connectivity index is 2.02. The van der Waals surface area contributed by atoms with Gasteiger partial charge in [0.15, 0.2) is 0 Å². The molecule has 1 aliphatic heterocycles. The summed E-state index contributed by atoms with van der Waals surface area (Å²) in [5.41, 5.74) is 0. The third-order valence-electron chi connectivity index (χ3n) is 4.48. The average molecular weight is 275 g/mol. The molecule has 18 heavy (non-hydrogen) atoms. The van der Waals surface area contributed by atoms with Crippen LogP contribution in [-0.2, 0) is 14.6 Å². The summed E-state index contributed by atoms with van der Waals surface area (Å²) in [6.07, 6.45) is 7.65. The lowest BCUT2D eigenvalue weighted by molar-refractivity contribution is 0.0528. The van der Waals surface area contributed by atoms with Crippen molar-refractivity contribution in [3.63, 3.8) is 0 Å². The van der Waals surface area contributed by atoms with Crippen LogP contribution in [0.2, 0.25) is 0 Å². The predicted octanol–water partition coefficient (Wildman–Crippen LogP) is 1.36. The Hall–Kier alpha value is -0.130. The molecule has 0 bridgehead atoms. The van der Waals surface area contributed by atoms with Crippen LogP contribution in [0.4, 0.5) is 0 Å². The second kappa shape index (κ2) is 5.88. The zero-order valence-corrected chi connectivity index (χ0v) is 12.2. The topological polar surface area (TPSA) is 55.4 Å². The molecule has 4 unspecified atom stereocenters. The maximum absolute atomic E-state index is 11.7. The van der Waals surface area contributed by atoms with Crippen LogP contribution in [0.15, 0.2) is 0 Å². The Morgan fingerprint density at radius 2 is 2.00 bits per heavy atom. The zero-order valence-electron chi connectivity index (χ0n) is 11.4. The van der Waals surface area contributed by atoms with E-state index in [0.717, 1.165) is 45.1 Å². The first-order chi connectivity index (χ1) is 8.52. The fourth-order valence-electron chi connectivity index (χ4n) is 3.51. The van der Waals surface area contributed by atoms with Crippen molar-refractivity contribution in [1.82, 2.24) is 5.32 Å². The van der Waals surface area contributed by atoms with Crippen LogP contribution in [0, 0.1) is 5.92 Å². The van der Waals surface area contributed by atoms with E-state index in [9.17, 15) is 8.42 Å². The van der Waals surface area contributed by atoms with Gasteiger partial charge in [-0.05, 0) is 45.1 Å². The minimum Gasteiger partial charge on any atom is -0.377 e. The summed E-state index contributed by atoms with van der Waals surface area (Å²) in [6.45, 7) is 0.852. The van der Waals surface area contributed by atoms with Crippen molar-refractivity contribution >= 4 is 9.84 Å². The summed E-state index contributed by atoms with van der Waals surface area (Å²) in [4.78, 5) is 0. The lowest BCUT2D eigenvalue weighted by atomic mass is 9.81. The molecule has 0 aromatic heterocycles. The first-order valence-corrected chi connectivity index (χ1v) is 8.95. The average Bonchev–Trinajstić information content (AvgIpc) is 2.83. The molecule has 2 rings (SSSR count). The summed E-state index contributed by atoms with van der Waals surface area (Å²) in [5, 5.41) is 3.22. The Kier molecular flexibility index (Phi) is 4.67. The van der Waals surface area contributed by atoms with Crippen molar-refractivity contribution in [2.45, 2.75) is 55.9 Å². The van der Waals surface area contributed by atoms with Crippen LogP contribution in [0.25, 0.3) is 0 Å². The number of rotatable bonds is 4. The highest BCUT2D eigenvalue weighted by molar-refractivity contribution is 7.91. The Morgan fingerprint density at radius 1 is 1.22 bits per heavy atom. The van der Waals surface area contributed by atoms with Crippen LogP contribution in [-0.4, -0.2) is 45.7 Å². The fraction of sp³-hybridized carbons (Fsp3) is 1.00. The zero-order chi connectivity index (χ0) is 13.2. The van der Waals surface area contributed by atoms with Crippen molar-refractivity contribution in [3.8, 4) is 0 Å². The maximum atomic E-state index is 11.7. The van der Waals surface area contributed by atoms with Gasteiger partial charge in [-0.15, -0.1) is 0 Å². The van der Waals surface area contributed by atoms with E-state index >= 15 is 0 Å². The largest absolute Gasteiger partial charge is 0.377 e. The highest BCUT2D eigenvalue weighted by Gasteiger charge is 2.37. The first kappa shape index (κ1) is 14.3. The lowest BCUT2D eigenvalue weighted by Gasteiger charge is -2.36. The molecule has 1 saturated heterocycles. The minimum atomic E-state index is -2.89. The van der Waals surface area contributed by atoms with E-state index in [1.54, 1.807) is 0 Å². The summed E-state index contributed by atoms with van der Waals surface area (Å²) in [5.74, 6) is 0.437. The highest BCUT2D eigenvalue weighted by atomic mass is 32.2. The number of nitrogens with one attached hydrogen (secondary N) is 1. The van der Waals surface area contributed by atoms with Crippen LogP contribution in [0.3, 0.4) is 0 Å². The normalized spacial score (nSPS) is 35.6. The summed E-state index contributed by atoms with van der Waals surface area (Å²) >= 11 is 0. The molecule has 4 atom stereocenters. The van der Waals surface area contributed by atoms with E-state index in [1.165, 1.54) is 6.26 Å². The van der Waals surface area contributed by atoms with Crippen molar-refractivity contribution in [2.75, 3.05) is 19.9 Å². The quantitative estimate of drug-likeness (QED) is 0.841. The van der Waals surface area contributed by atoms with Crippen molar-refractivity contribution in [1.29, 1.82) is 0 Å². The van der Waals surface area contributed by atoms with Gasteiger partial charge in [0.1, 0.15) is 9.84 Å². The van der Waals surface area contributed by atoms with Gasteiger partial charge < -0.3 is 10.1 Å². The van der Waals surface area contributed by atoms with Crippen molar-refractivity contribution < 1.29 is 13.2 Å². The second-order valence-corrected chi connectivity index (χ2v) is 8.07. The van der Waals surface area contributed by atoms with Gasteiger partial charge in [-0.2, -0.15) is 0 Å². The maximum Gasteiger partial charge on any atom is 0.150 e. The molecule has 2 fully saturated rings. The van der Waals surface area contributed by atoms with E-state index in [0.29, 0.717) is 12.0 Å². The van der Waals surface area contributed by atoms with Crippen LogP contribution >= 0.6 is 0 Å². The number of ether oxygens (including phenoxy) is 1. The highest BCUT2D eigenvalue weighted by Crippen LogP contribution is 2.33. The smallest absolute Gasteiger partial charge is 0.150 e. The standard InChI is InChI=1S/C13H25NO3S/c1-14-13(12-7-4-8-17-12)10-5-3-6-11(9-10)18(2,15)16/h10-14H,3-9H2,1-2H3. The number of sulfone groups is 1. The second-order valence-electron chi connectivity index (χ2n) is 5.74. The van der Waals surface area contributed by atoms with Crippen LogP contribution < -0.4 is 5.32 Å². The molecule has 5 heteroatoms. The molecular weight excluding hydrogens is 250 g/mol. The molecule has 4 nitrogen and oxygen atoms in total. The molecule has 2 aliphatic rings. The molecule has 1 saturated carbocycles. The van der Waals surface area contributed by atoms with Crippen LogP contribution in [0.1, 0.15) is 38.5 Å². The van der Waals surface area contributed by atoms with E-state index in [2.05, 4.69) is 5.32 Å². The van der Waals surface area contributed by atoms with E-state index in [4.69, 9.17) is 4.74 Å². The Labute approximate surface area is 110 Å². The van der Waals surface area contributed by atoms with Gasteiger partial charge in [-0.25, -0.2) is 8.42 Å². The SMILES string of the molecule is CNC(C1CCCC(S(C)(=O)=O)C1)C1CCCO1. The van der Waals surface area contributed by atoms with Gasteiger partial charge in [-0.1, -0.05) is 6.42 Å². The van der Waals surface area contributed by atoms with Gasteiger partial charge in [-0.3, -0.25) is 0 Å². The molecule has 106 valence electrons. The monoisotopic (exact) mass is 275 g/mol. The van der Waals surface area contributed by atoms with Crippen LogP contribution in [0.5, 0.6) is 0 Å². The predicted molar refractivity (Wildman–Crippen MR) is 72.4 cm³/mol. The number of hydrogen-bond acceptors (Lipinski definition) is 4. The Bertz CT molecular complexity index is 362. The number of hydrogen-bond donors (Lipinski definition) is 1. The van der Waals surface area contributed by atoms with Gasteiger partial charge in [0.25, 0.3) is 0 Å². The summed E-state index contributed by atoms with van der Waals surface area (Å²) < 4.78 is 29.2. The molecule has 0 aromatic carbocycles. The van der Waals surface area contributed by atoms with Gasteiger partial charge in [0.2, 0.25) is 0 Å². The van der Waals surface area contributed by atoms with E-state index in [1.807, 2.05) is 7.05 Å². The van der Waals surface area contributed by atoms with Gasteiger partial charge in [0, 0.05) is 18.9 Å². The molecule has 1 N–H and O–H groups in total. The first-order valence-electron chi connectivity index (χ1n) is 7.00. The molecule has 0 aromatic rings. The molecule has 1 heterocycles. The Morgan fingerprint density at radius 3 is 2.56 bits per heavy atom. The lowest BCUT2D eigenvalue weighted by Crippen LogP contribution is -2.46. The third kappa shape index (κ3) is 3.25. The van der Waals surface area contributed by atoms with Gasteiger partial charge >= 0.3 is 0 Å². The van der Waals surface area contributed by atoms with Crippen molar-refractivity contribution in [2.24, 2.45) is 5.92 Å². The summed E-state index contributed by atoms with van der Waals surface area (Å²) in [6, 6.07) is 0.317.